The second kappa shape index (κ2) is 5.11. The van der Waals surface area contributed by atoms with Crippen LogP contribution >= 0.6 is 0 Å². The fourth-order valence-electron chi connectivity index (χ4n) is 5.26. The number of fused-ring (bicyclic) bond motifs is 3. The van der Waals surface area contributed by atoms with Crippen LogP contribution < -0.4 is 4.74 Å². The van der Waals surface area contributed by atoms with E-state index in [1.165, 1.54) is 36.8 Å². The van der Waals surface area contributed by atoms with Gasteiger partial charge in [-0.2, -0.15) is 0 Å². The first kappa shape index (κ1) is 15.6. The van der Waals surface area contributed by atoms with Crippen molar-refractivity contribution < 1.29 is 9.53 Å². The first-order valence-corrected chi connectivity index (χ1v) is 8.52. The van der Waals surface area contributed by atoms with E-state index in [0.717, 1.165) is 17.7 Å². The Balaban J connectivity index is 2.16. The average molecular weight is 300 g/mol. The van der Waals surface area contributed by atoms with Crippen molar-refractivity contribution in [1.29, 1.82) is 0 Å². The third kappa shape index (κ3) is 2.19. The number of aryl methyl sites for hydroxylation is 1. The summed E-state index contributed by atoms with van der Waals surface area (Å²) in [4.78, 5) is 11.9. The number of hydrogen-bond donors (Lipinski definition) is 0. The number of ketones is 1. The molecule has 0 spiro atoms. The second-order valence-electron chi connectivity index (χ2n) is 8.12. The molecule has 2 heteroatoms. The molecule has 1 aromatic rings. The van der Waals surface area contributed by atoms with Crippen molar-refractivity contribution in [3.63, 3.8) is 0 Å². The summed E-state index contributed by atoms with van der Waals surface area (Å²) in [6, 6.07) is 4.26. The Labute approximate surface area is 134 Å². The number of carbonyl (C=O) groups is 1. The maximum atomic E-state index is 11.9. The van der Waals surface area contributed by atoms with Crippen molar-refractivity contribution in [2.75, 3.05) is 7.11 Å². The quantitative estimate of drug-likeness (QED) is 0.724. The number of benzene rings is 1. The molecule has 0 saturated heterocycles. The highest BCUT2D eigenvalue weighted by atomic mass is 16.5. The zero-order chi connectivity index (χ0) is 16.1. The van der Waals surface area contributed by atoms with E-state index in [9.17, 15) is 4.79 Å². The molecule has 120 valence electrons. The van der Waals surface area contributed by atoms with Crippen LogP contribution in [0.4, 0.5) is 0 Å². The van der Waals surface area contributed by atoms with Gasteiger partial charge in [0.05, 0.1) is 12.7 Å². The molecular weight excluding hydrogens is 272 g/mol. The van der Waals surface area contributed by atoms with Crippen molar-refractivity contribution in [3.05, 3.63) is 28.8 Å². The summed E-state index contributed by atoms with van der Waals surface area (Å²) in [5.74, 6) is 1.56. The van der Waals surface area contributed by atoms with E-state index in [2.05, 4.69) is 32.9 Å². The molecule has 0 amide bonds. The molecule has 3 rings (SSSR count). The minimum absolute atomic E-state index is 0.0934. The SMILES string of the molecule is COc1cc2c(cc1C(C)=O)CC[C@@H]1C(C)(C)CCC[C@]21C. The predicted octanol–water partition coefficient (Wildman–Crippen LogP) is 4.93. The number of methoxy groups -OCH3 is 1. The van der Waals surface area contributed by atoms with Crippen LogP contribution in [0.25, 0.3) is 0 Å². The summed E-state index contributed by atoms with van der Waals surface area (Å²) < 4.78 is 5.53. The average Bonchev–Trinajstić information content (AvgIpc) is 2.45. The maximum Gasteiger partial charge on any atom is 0.163 e. The van der Waals surface area contributed by atoms with E-state index in [0.29, 0.717) is 11.3 Å². The van der Waals surface area contributed by atoms with Crippen LogP contribution in [0, 0.1) is 11.3 Å². The molecule has 1 saturated carbocycles. The van der Waals surface area contributed by atoms with Gasteiger partial charge in [0.15, 0.2) is 5.78 Å². The molecule has 1 aromatic carbocycles. The van der Waals surface area contributed by atoms with Crippen molar-refractivity contribution in [1.82, 2.24) is 0 Å². The number of hydrogen-bond acceptors (Lipinski definition) is 2. The summed E-state index contributed by atoms with van der Waals surface area (Å²) >= 11 is 0. The summed E-state index contributed by atoms with van der Waals surface area (Å²) in [6.07, 6.45) is 6.18. The van der Waals surface area contributed by atoms with Gasteiger partial charge in [0.25, 0.3) is 0 Å². The highest BCUT2D eigenvalue weighted by Crippen LogP contribution is 2.57. The number of rotatable bonds is 2. The molecule has 2 atom stereocenters. The summed E-state index contributed by atoms with van der Waals surface area (Å²) in [5.41, 5.74) is 4.15. The molecule has 0 bridgehead atoms. The molecule has 2 aliphatic carbocycles. The second-order valence-corrected chi connectivity index (χ2v) is 8.12. The van der Waals surface area contributed by atoms with Gasteiger partial charge >= 0.3 is 0 Å². The van der Waals surface area contributed by atoms with Gasteiger partial charge in [0.2, 0.25) is 0 Å². The van der Waals surface area contributed by atoms with E-state index in [4.69, 9.17) is 4.74 Å². The molecule has 0 aliphatic heterocycles. The Morgan fingerprint density at radius 3 is 2.59 bits per heavy atom. The van der Waals surface area contributed by atoms with E-state index >= 15 is 0 Å². The fourth-order valence-corrected chi connectivity index (χ4v) is 5.26. The van der Waals surface area contributed by atoms with Crippen LogP contribution in [0.2, 0.25) is 0 Å². The third-order valence-electron chi connectivity index (χ3n) is 6.35. The van der Waals surface area contributed by atoms with Crippen LogP contribution in [0.15, 0.2) is 12.1 Å². The topological polar surface area (TPSA) is 26.3 Å². The largest absolute Gasteiger partial charge is 0.496 e. The molecule has 0 heterocycles. The molecule has 0 unspecified atom stereocenters. The van der Waals surface area contributed by atoms with Gasteiger partial charge in [0, 0.05) is 0 Å². The van der Waals surface area contributed by atoms with Crippen LogP contribution in [0.1, 0.15) is 74.9 Å². The highest BCUT2D eigenvalue weighted by Gasteiger charge is 2.49. The van der Waals surface area contributed by atoms with Crippen molar-refractivity contribution in [2.24, 2.45) is 11.3 Å². The minimum atomic E-state index is 0.0934. The lowest BCUT2D eigenvalue weighted by atomic mass is 9.50. The first-order valence-electron chi connectivity index (χ1n) is 8.52. The Morgan fingerprint density at radius 2 is 1.95 bits per heavy atom. The van der Waals surface area contributed by atoms with Gasteiger partial charge in [-0.3, -0.25) is 4.79 Å². The van der Waals surface area contributed by atoms with Gasteiger partial charge in [-0.05, 0) is 72.6 Å². The van der Waals surface area contributed by atoms with Gasteiger partial charge in [-0.25, -0.2) is 0 Å². The summed E-state index contributed by atoms with van der Waals surface area (Å²) in [6.45, 7) is 8.92. The third-order valence-corrected chi connectivity index (χ3v) is 6.35. The standard InChI is InChI=1S/C20H28O2/c1-13(21)15-11-14-7-8-18-19(2,3)9-6-10-20(18,4)16(14)12-17(15)22-5/h11-12,18H,6-10H2,1-5H3/t18-,20-/m1/s1. The number of carbonyl (C=O) groups excluding carboxylic acids is 1. The zero-order valence-electron chi connectivity index (χ0n) is 14.6. The van der Waals surface area contributed by atoms with Crippen molar-refractivity contribution in [2.45, 2.75) is 65.2 Å². The molecule has 2 nitrogen and oxygen atoms in total. The van der Waals surface area contributed by atoms with Gasteiger partial charge in [-0.15, -0.1) is 0 Å². The van der Waals surface area contributed by atoms with Gasteiger partial charge in [0.1, 0.15) is 5.75 Å². The van der Waals surface area contributed by atoms with Crippen molar-refractivity contribution >= 4 is 5.78 Å². The smallest absolute Gasteiger partial charge is 0.163 e. The molecule has 0 radical (unpaired) electrons. The van der Waals surface area contributed by atoms with Crippen LogP contribution in [-0.2, 0) is 11.8 Å². The van der Waals surface area contributed by atoms with E-state index in [-0.39, 0.29) is 11.2 Å². The molecular formula is C20H28O2. The van der Waals surface area contributed by atoms with Crippen LogP contribution in [0.5, 0.6) is 5.75 Å². The van der Waals surface area contributed by atoms with E-state index in [1.54, 1.807) is 14.0 Å². The van der Waals surface area contributed by atoms with Gasteiger partial charge in [-0.1, -0.05) is 27.2 Å². The molecule has 22 heavy (non-hydrogen) atoms. The van der Waals surface area contributed by atoms with E-state index in [1.807, 2.05) is 0 Å². The molecule has 1 fully saturated rings. The lowest BCUT2D eigenvalue weighted by Crippen LogP contribution is -2.47. The highest BCUT2D eigenvalue weighted by molar-refractivity contribution is 5.97. The van der Waals surface area contributed by atoms with Crippen LogP contribution in [0.3, 0.4) is 0 Å². The lowest BCUT2D eigenvalue weighted by Gasteiger charge is -2.54. The van der Waals surface area contributed by atoms with Gasteiger partial charge < -0.3 is 4.74 Å². The molecule has 0 aromatic heterocycles. The predicted molar refractivity (Wildman–Crippen MR) is 89.8 cm³/mol. The molecule has 2 aliphatic rings. The minimum Gasteiger partial charge on any atom is -0.496 e. The Bertz CT molecular complexity index is 614. The van der Waals surface area contributed by atoms with Crippen LogP contribution in [-0.4, -0.2) is 12.9 Å². The Kier molecular flexibility index (Phi) is 3.62. The normalized spacial score (nSPS) is 29.4. The fraction of sp³-hybridized carbons (Fsp3) is 0.650. The zero-order valence-corrected chi connectivity index (χ0v) is 14.6. The lowest BCUT2D eigenvalue weighted by molar-refractivity contribution is 0.0405. The van der Waals surface area contributed by atoms with Crippen molar-refractivity contribution in [3.8, 4) is 5.75 Å². The first-order chi connectivity index (χ1) is 10.3. The number of Topliss-reactive ketones (excluding diaryl/α,β-unsaturated/α-hetero) is 1. The summed E-state index contributed by atoms with van der Waals surface area (Å²) in [7, 11) is 1.67. The Morgan fingerprint density at radius 1 is 1.23 bits per heavy atom. The summed E-state index contributed by atoms with van der Waals surface area (Å²) in [5, 5.41) is 0. The maximum absolute atomic E-state index is 11.9. The monoisotopic (exact) mass is 300 g/mol. The Hall–Kier alpha value is -1.31. The molecule has 0 N–H and O–H groups in total. The number of ether oxygens (including phenoxy) is 1. The van der Waals surface area contributed by atoms with E-state index < -0.39 is 0 Å².